The quantitative estimate of drug-likeness (QED) is 0.375. The average Bonchev–Trinajstić information content (AvgIpc) is 1.99. The third-order valence-electron chi connectivity index (χ3n) is 1.50. The molecular weight excluding hydrogens is 274 g/mol. The van der Waals surface area contributed by atoms with Crippen molar-refractivity contribution in [3.05, 3.63) is 0 Å². The largest absolute Gasteiger partial charge is 2.00 e. The van der Waals surface area contributed by atoms with Gasteiger partial charge in [-0.05, 0) is 0 Å². The molecule has 94 valence electrons. The summed E-state index contributed by atoms with van der Waals surface area (Å²) in [6.45, 7) is 1.76. The minimum atomic E-state index is -5.04. The Balaban J connectivity index is -0.000000750. The summed E-state index contributed by atoms with van der Waals surface area (Å²) in [5.74, 6) is 0. The summed E-state index contributed by atoms with van der Waals surface area (Å²) in [6.07, 6.45) is 0. The first-order valence-electron chi connectivity index (χ1n) is 4.04. The number of piperazine rings is 1. The second kappa shape index (κ2) is 6.77. The van der Waals surface area contributed by atoms with Gasteiger partial charge in [-0.3, -0.25) is 0 Å². The van der Waals surface area contributed by atoms with E-state index in [9.17, 15) is 9.13 Å². The fraction of sp³-hybridized carbons (Fsp3) is 1.00. The maximum absolute atomic E-state index is 11.1. The van der Waals surface area contributed by atoms with Gasteiger partial charge in [-0.15, -0.1) is 0 Å². The summed E-state index contributed by atoms with van der Waals surface area (Å²) in [4.78, 5) is 25.6. The second-order valence-electron chi connectivity index (χ2n) is 2.80. The van der Waals surface area contributed by atoms with E-state index in [1.54, 1.807) is 0 Å². The number of hydrogen-bond donors (Lipinski definition) is 4. The Morgan fingerprint density at radius 2 is 1.69 bits per heavy atom. The predicted octanol–water partition coefficient (Wildman–Crippen LogP) is -1.12. The van der Waals surface area contributed by atoms with Crippen LogP contribution >= 0.6 is 15.6 Å². The van der Waals surface area contributed by atoms with Crippen molar-refractivity contribution < 1.29 is 35.6 Å². The summed E-state index contributed by atoms with van der Waals surface area (Å²) in [5.41, 5.74) is 0. The monoisotopic (exact) mass is 288 g/mol. The Kier molecular flexibility index (Phi) is 7.17. The zero-order valence-electron chi connectivity index (χ0n) is 10.4. The van der Waals surface area contributed by atoms with Gasteiger partial charge in [0.05, 0.1) is 0 Å². The van der Waals surface area contributed by atoms with Crippen molar-refractivity contribution in [2.75, 3.05) is 26.2 Å². The first-order chi connectivity index (χ1) is 6.79. The fourth-order valence-corrected chi connectivity index (χ4v) is 2.67. The van der Waals surface area contributed by atoms with Crippen molar-refractivity contribution in [1.29, 1.82) is 0 Å². The number of nitrogens with zero attached hydrogens (tertiary/aromatic N) is 1. The zero-order chi connectivity index (χ0) is 11.5. The van der Waals surface area contributed by atoms with Crippen molar-refractivity contribution in [2.45, 2.75) is 0 Å². The molecule has 0 aromatic rings. The SMILES string of the molecule is O=P(O)(O)OP(=O)(O)ON1CCNCC1.[H-].[H-].[Mg+2]. The molecule has 1 aliphatic rings. The molecule has 1 rings (SSSR count). The van der Waals surface area contributed by atoms with Gasteiger partial charge >= 0.3 is 38.7 Å². The van der Waals surface area contributed by atoms with Crippen LogP contribution in [0.3, 0.4) is 0 Å². The van der Waals surface area contributed by atoms with Gasteiger partial charge in [-0.1, -0.05) is 0 Å². The van der Waals surface area contributed by atoms with Crippen molar-refractivity contribution in [3.63, 3.8) is 0 Å². The Labute approximate surface area is 111 Å². The van der Waals surface area contributed by atoms with E-state index in [2.05, 4.69) is 14.3 Å². The van der Waals surface area contributed by atoms with Gasteiger partial charge in [0, 0.05) is 26.2 Å². The van der Waals surface area contributed by atoms with Crippen LogP contribution < -0.4 is 5.32 Å². The zero-order valence-corrected chi connectivity index (χ0v) is 11.6. The molecule has 0 aromatic heterocycles. The number of hydroxylamine groups is 2. The molecule has 1 atom stereocenters. The normalized spacial score (nSPS) is 22.2. The minimum Gasteiger partial charge on any atom is -1.00 e. The van der Waals surface area contributed by atoms with Crippen LogP contribution in [0.4, 0.5) is 0 Å². The molecular formula is C4H14MgN2O7P2. The first kappa shape index (κ1) is 16.9. The van der Waals surface area contributed by atoms with Crippen LogP contribution in [0.1, 0.15) is 2.85 Å². The van der Waals surface area contributed by atoms with Crippen LogP contribution in [0, 0.1) is 0 Å². The molecule has 1 saturated heterocycles. The Morgan fingerprint density at radius 1 is 1.19 bits per heavy atom. The van der Waals surface area contributed by atoms with Gasteiger partial charge in [-0.2, -0.15) is 14.0 Å². The summed E-state index contributed by atoms with van der Waals surface area (Å²) < 4.78 is 29.4. The number of phosphoric acid groups is 2. The van der Waals surface area contributed by atoms with Crippen molar-refractivity contribution in [1.82, 2.24) is 10.4 Å². The number of hydrogen-bond acceptors (Lipinski definition) is 6. The molecule has 0 aliphatic carbocycles. The van der Waals surface area contributed by atoms with E-state index in [0.717, 1.165) is 5.06 Å². The van der Waals surface area contributed by atoms with Crippen LogP contribution in [0.15, 0.2) is 0 Å². The van der Waals surface area contributed by atoms with Crippen LogP contribution in [-0.2, 0) is 18.1 Å². The van der Waals surface area contributed by atoms with Crippen LogP contribution in [-0.4, -0.2) is 69.0 Å². The topological polar surface area (TPSA) is 129 Å². The van der Waals surface area contributed by atoms with Gasteiger partial charge in [0.25, 0.3) is 0 Å². The molecule has 0 amide bonds. The van der Waals surface area contributed by atoms with E-state index in [4.69, 9.17) is 14.7 Å². The summed E-state index contributed by atoms with van der Waals surface area (Å²) in [6, 6.07) is 0. The van der Waals surface area contributed by atoms with Gasteiger partial charge in [0.2, 0.25) is 0 Å². The van der Waals surface area contributed by atoms with Crippen LogP contribution in [0.25, 0.3) is 0 Å². The molecule has 12 heteroatoms. The third kappa shape index (κ3) is 7.31. The molecule has 1 aliphatic heterocycles. The Bertz CT molecular complexity index is 312. The summed E-state index contributed by atoms with van der Waals surface area (Å²) in [5, 5.41) is 4.08. The molecule has 0 saturated carbocycles. The summed E-state index contributed by atoms with van der Waals surface area (Å²) >= 11 is 0. The summed E-state index contributed by atoms with van der Waals surface area (Å²) in [7, 11) is -9.78. The second-order valence-corrected chi connectivity index (χ2v) is 5.54. The molecule has 1 heterocycles. The Hall–Kier alpha value is 0.946. The van der Waals surface area contributed by atoms with Gasteiger partial charge < -0.3 is 22.9 Å². The van der Waals surface area contributed by atoms with Crippen molar-refractivity contribution >= 4 is 38.7 Å². The Morgan fingerprint density at radius 3 is 2.12 bits per heavy atom. The smallest absolute Gasteiger partial charge is 1.00 e. The van der Waals surface area contributed by atoms with E-state index in [0.29, 0.717) is 26.2 Å². The molecule has 0 radical (unpaired) electrons. The van der Waals surface area contributed by atoms with Gasteiger partial charge in [-0.25, -0.2) is 9.13 Å². The molecule has 9 nitrogen and oxygen atoms in total. The maximum Gasteiger partial charge on any atom is 2.00 e. The van der Waals surface area contributed by atoms with Gasteiger partial charge in [0.15, 0.2) is 0 Å². The number of nitrogens with one attached hydrogen (secondary N) is 1. The number of rotatable bonds is 4. The standard InChI is InChI=1S/C4H12N2O7P2.Mg.2H/c7-14(8,9)13-15(10,11)12-6-3-1-5-2-4-6;;;/h5H,1-4H2,(H,10,11)(H2,7,8,9);;;/q;+2;2*-1. The molecule has 1 unspecified atom stereocenters. The molecule has 0 aromatic carbocycles. The van der Waals surface area contributed by atoms with Crippen LogP contribution in [0.2, 0.25) is 0 Å². The molecule has 0 bridgehead atoms. The van der Waals surface area contributed by atoms with Crippen LogP contribution in [0.5, 0.6) is 0 Å². The fourth-order valence-electron chi connectivity index (χ4n) is 1.02. The first-order valence-corrected chi connectivity index (χ1v) is 7.06. The van der Waals surface area contributed by atoms with Gasteiger partial charge in [0.1, 0.15) is 0 Å². The average molecular weight is 288 g/mol. The van der Waals surface area contributed by atoms with E-state index in [1.165, 1.54) is 0 Å². The van der Waals surface area contributed by atoms with E-state index in [1.807, 2.05) is 0 Å². The van der Waals surface area contributed by atoms with Crippen molar-refractivity contribution in [2.24, 2.45) is 0 Å². The molecule has 4 N–H and O–H groups in total. The maximum atomic E-state index is 11.1. The third-order valence-corrected chi connectivity index (χ3v) is 3.62. The van der Waals surface area contributed by atoms with E-state index < -0.39 is 15.6 Å². The molecule has 1 fully saturated rings. The minimum absolute atomic E-state index is 0. The van der Waals surface area contributed by atoms with E-state index >= 15 is 0 Å². The molecule has 16 heavy (non-hydrogen) atoms. The predicted molar refractivity (Wildman–Crippen MR) is 56.5 cm³/mol. The molecule has 0 spiro atoms. The van der Waals surface area contributed by atoms with Crippen molar-refractivity contribution in [3.8, 4) is 0 Å². The van der Waals surface area contributed by atoms with E-state index in [-0.39, 0.29) is 25.9 Å².